The van der Waals surface area contributed by atoms with E-state index in [1.807, 2.05) is 27.3 Å². The van der Waals surface area contributed by atoms with Crippen molar-refractivity contribution in [3.05, 3.63) is 46.2 Å². The molecule has 7 nitrogen and oxygen atoms in total. The van der Waals surface area contributed by atoms with E-state index in [2.05, 4.69) is 0 Å². The van der Waals surface area contributed by atoms with Gasteiger partial charge >= 0.3 is 0 Å². The number of morpholine rings is 1. The van der Waals surface area contributed by atoms with Gasteiger partial charge < -0.3 is 24.0 Å². The van der Waals surface area contributed by atoms with E-state index >= 15 is 0 Å². The van der Waals surface area contributed by atoms with Crippen LogP contribution in [0.15, 0.2) is 35.7 Å². The van der Waals surface area contributed by atoms with Crippen molar-refractivity contribution in [3.63, 3.8) is 0 Å². The van der Waals surface area contributed by atoms with E-state index in [9.17, 15) is 9.59 Å². The van der Waals surface area contributed by atoms with Gasteiger partial charge in [-0.1, -0.05) is 6.07 Å². The molecule has 2 aromatic rings. The number of thiophene rings is 1. The number of amides is 2. The maximum absolute atomic E-state index is 13.3. The van der Waals surface area contributed by atoms with Gasteiger partial charge in [0.15, 0.2) is 11.5 Å². The van der Waals surface area contributed by atoms with E-state index < -0.39 is 0 Å². The van der Waals surface area contributed by atoms with E-state index in [1.165, 1.54) is 0 Å². The van der Waals surface area contributed by atoms with Crippen LogP contribution in [0.4, 0.5) is 0 Å². The molecule has 5 rings (SSSR count). The van der Waals surface area contributed by atoms with Gasteiger partial charge in [0, 0.05) is 36.6 Å². The molecule has 0 N–H and O–H groups in total. The third-order valence-electron chi connectivity index (χ3n) is 5.90. The van der Waals surface area contributed by atoms with Crippen LogP contribution in [-0.2, 0) is 16.0 Å². The molecule has 1 atom stereocenters. The van der Waals surface area contributed by atoms with Crippen LogP contribution in [0.1, 0.15) is 28.1 Å². The lowest BCUT2D eigenvalue weighted by Gasteiger charge is -2.36. The summed E-state index contributed by atoms with van der Waals surface area (Å²) < 4.78 is 16.7. The van der Waals surface area contributed by atoms with Gasteiger partial charge in [-0.05, 0) is 48.4 Å². The van der Waals surface area contributed by atoms with Crippen molar-refractivity contribution in [1.29, 1.82) is 0 Å². The minimum atomic E-state index is -0.183. The predicted molar refractivity (Wildman–Crippen MR) is 116 cm³/mol. The molecule has 2 amide bonds. The first-order chi connectivity index (χ1) is 15.2. The van der Waals surface area contributed by atoms with Crippen molar-refractivity contribution >= 4 is 23.2 Å². The summed E-state index contributed by atoms with van der Waals surface area (Å²) >= 11 is 1.60. The molecule has 0 spiro atoms. The molecule has 0 radical (unpaired) electrons. The van der Waals surface area contributed by atoms with Crippen LogP contribution in [0.25, 0.3) is 0 Å². The van der Waals surface area contributed by atoms with Crippen LogP contribution in [0.2, 0.25) is 0 Å². The van der Waals surface area contributed by atoms with Crippen LogP contribution in [0, 0.1) is 5.92 Å². The number of ether oxygens (including phenoxy) is 3. The molecule has 2 fully saturated rings. The average molecular weight is 443 g/mol. The highest BCUT2D eigenvalue weighted by Gasteiger charge is 2.32. The molecule has 0 bridgehead atoms. The minimum absolute atomic E-state index is 0.0316. The normalized spacial score (nSPS) is 20.0. The van der Waals surface area contributed by atoms with Gasteiger partial charge in [-0.2, -0.15) is 0 Å². The van der Waals surface area contributed by atoms with Crippen molar-refractivity contribution in [2.45, 2.75) is 25.4 Å². The number of fused-ring (bicyclic) bond motifs is 1. The Kier molecular flexibility index (Phi) is 5.82. The van der Waals surface area contributed by atoms with Crippen molar-refractivity contribution in [1.82, 2.24) is 9.80 Å². The van der Waals surface area contributed by atoms with Gasteiger partial charge in [-0.3, -0.25) is 9.59 Å². The molecule has 1 unspecified atom stereocenters. The summed E-state index contributed by atoms with van der Waals surface area (Å²) in [5.41, 5.74) is 0.589. The number of hydrogen-bond donors (Lipinski definition) is 0. The Bertz CT molecular complexity index is 943. The van der Waals surface area contributed by atoms with Crippen LogP contribution >= 0.6 is 11.3 Å². The molecule has 1 saturated heterocycles. The van der Waals surface area contributed by atoms with Gasteiger partial charge in [0.25, 0.3) is 5.91 Å². The molecule has 1 saturated carbocycles. The fraction of sp³-hybridized carbons (Fsp3) is 0.478. The van der Waals surface area contributed by atoms with E-state index in [-0.39, 0.29) is 24.7 Å². The lowest BCUT2D eigenvalue weighted by Crippen LogP contribution is -2.51. The first-order valence-corrected chi connectivity index (χ1v) is 11.6. The van der Waals surface area contributed by atoms with Crippen molar-refractivity contribution in [2.24, 2.45) is 5.92 Å². The Morgan fingerprint density at radius 2 is 2.00 bits per heavy atom. The zero-order valence-corrected chi connectivity index (χ0v) is 18.1. The SMILES string of the molecule is O=C(Cc1cccs1)N1CCOC(CN(CC2CC2)C(=O)c2ccc3c(c2)OCO3)C1. The molecule has 164 valence electrons. The van der Waals surface area contributed by atoms with Gasteiger partial charge in [0.1, 0.15) is 0 Å². The zero-order chi connectivity index (χ0) is 21.2. The summed E-state index contributed by atoms with van der Waals surface area (Å²) in [5, 5.41) is 1.99. The first kappa shape index (κ1) is 20.3. The Balaban J connectivity index is 1.25. The Labute approximate surface area is 185 Å². The molecule has 8 heteroatoms. The molecule has 31 heavy (non-hydrogen) atoms. The smallest absolute Gasteiger partial charge is 0.254 e. The third-order valence-corrected chi connectivity index (χ3v) is 6.78. The molecule has 1 aliphatic carbocycles. The molecule has 1 aromatic heterocycles. The van der Waals surface area contributed by atoms with Crippen LogP contribution in [0.5, 0.6) is 11.5 Å². The van der Waals surface area contributed by atoms with Crippen molar-refractivity contribution in [2.75, 3.05) is 39.6 Å². The second kappa shape index (κ2) is 8.88. The summed E-state index contributed by atoms with van der Waals surface area (Å²) in [5.74, 6) is 1.91. The molecule has 2 aliphatic heterocycles. The van der Waals surface area contributed by atoms with Crippen LogP contribution in [0.3, 0.4) is 0 Å². The number of carbonyl (C=O) groups excluding carboxylic acids is 2. The van der Waals surface area contributed by atoms with Gasteiger partial charge in [0.2, 0.25) is 12.7 Å². The highest BCUT2D eigenvalue weighted by atomic mass is 32.1. The van der Waals surface area contributed by atoms with E-state index in [0.29, 0.717) is 55.6 Å². The standard InChI is InChI=1S/C23H26N2O5S/c26-22(11-19-2-1-9-31-19)24-7-8-28-18(13-24)14-25(12-16-3-4-16)23(27)17-5-6-20-21(10-17)30-15-29-20/h1-2,5-6,9-10,16,18H,3-4,7-8,11-15H2. The molecular formula is C23H26N2O5S. The summed E-state index contributed by atoms with van der Waals surface area (Å²) in [4.78, 5) is 30.8. The lowest BCUT2D eigenvalue weighted by atomic mass is 10.1. The number of benzene rings is 1. The fourth-order valence-electron chi connectivity index (χ4n) is 4.04. The van der Waals surface area contributed by atoms with Gasteiger partial charge in [-0.25, -0.2) is 0 Å². The Hall–Kier alpha value is -2.58. The number of hydrogen-bond acceptors (Lipinski definition) is 6. The number of rotatable bonds is 7. The van der Waals surface area contributed by atoms with Gasteiger partial charge in [0.05, 0.1) is 19.1 Å². The van der Waals surface area contributed by atoms with E-state index in [4.69, 9.17) is 14.2 Å². The second-order valence-electron chi connectivity index (χ2n) is 8.31. The lowest BCUT2D eigenvalue weighted by molar-refractivity contribution is -0.138. The minimum Gasteiger partial charge on any atom is -0.454 e. The second-order valence-corrected chi connectivity index (χ2v) is 9.34. The van der Waals surface area contributed by atoms with Crippen molar-refractivity contribution in [3.8, 4) is 11.5 Å². The summed E-state index contributed by atoms with van der Waals surface area (Å²) in [6.45, 7) is 2.99. The number of carbonyl (C=O) groups is 2. The van der Waals surface area contributed by atoms with Crippen LogP contribution in [-0.4, -0.2) is 67.3 Å². The zero-order valence-electron chi connectivity index (χ0n) is 17.3. The maximum atomic E-state index is 13.3. The molecule has 1 aromatic carbocycles. The summed E-state index contributed by atoms with van der Waals surface area (Å²) in [7, 11) is 0. The predicted octanol–water partition coefficient (Wildman–Crippen LogP) is 2.80. The van der Waals surface area contributed by atoms with E-state index in [1.54, 1.807) is 29.5 Å². The number of nitrogens with zero attached hydrogens (tertiary/aromatic N) is 2. The topological polar surface area (TPSA) is 68.3 Å². The first-order valence-electron chi connectivity index (χ1n) is 10.8. The van der Waals surface area contributed by atoms with Crippen molar-refractivity contribution < 1.29 is 23.8 Å². The van der Waals surface area contributed by atoms with E-state index in [0.717, 1.165) is 24.3 Å². The quantitative estimate of drug-likeness (QED) is 0.660. The summed E-state index contributed by atoms with van der Waals surface area (Å²) in [6.07, 6.45) is 2.55. The third kappa shape index (κ3) is 4.85. The largest absolute Gasteiger partial charge is 0.454 e. The Morgan fingerprint density at radius 1 is 1.13 bits per heavy atom. The molecule has 3 heterocycles. The highest BCUT2D eigenvalue weighted by molar-refractivity contribution is 7.10. The average Bonchev–Trinajstić information content (AvgIpc) is 3.24. The monoisotopic (exact) mass is 442 g/mol. The van der Waals surface area contributed by atoms with Gasteiger partial charge in [-0.15, -0.1) is 11.3 Å². The molecule has 3 aliphatic rings. The summed E-state index contributed by atoms with van der Waals surface area (Å²) in [6, 6.07) is 9.28. The maximum Gasteiger partial charge on any atom is 0.254 e. The van der Waals surface area contributed by atoms with Crippen LogP contribution < -0.4 is 9.47 Å². The molecular weight excluding hydrogens is 416 g/mol. The Morgan fingerprint density at radius 3 is 2.81 bits per heavy atom. The fourth-order valence-corrected chi connectivity index (χ4v) is 4.74. The highest BCUT2D eigenvalue weighted by Crippen LogP contribution is 2.34.